The molecule has 0 fully saturated rings. The van der Waals surface area contributed by atoms with Crippen LogP contribution >= 0.6 is 0 Å². The number of nitrogens with zero attached hydrogens (tertiary/aromatic N) is 1. The molecule has 0 amide bonds. The quantitative estimate of drug-likeness (QED) is 0.793. The van der Waals surface area contributed by atoms with Gasteiger partial charge in [-0.25, -0.2) is 0 Å². The van der Waals surface area contributed by atoms with Crippen molar-refractivity contribution < 1.29 is 14.1 Å². The van der Waals surface area contributed by atoms with E-state index < -0.39 is 0 Å². The molecule has 1 aliphatic carbocycles. The van der Waals surface area contributed by atoms with Crippen molar-refractivity contribution in [3.05, 3.63) is 35.6 Å². The molecule has 17 heavy (non-hydrogen) atoms. The van der Waals surface area contributed by atoms with E-state index in [-0.39, 0.29) is 5.78 Å². The van der Waals surface area contributed by atoms with Crippen molar-refractivity contribution in [3.63, 3.8) is 0 Å². The van der Waals surface area contributed by atoms with E-state index in [1.807, 2.05) is 24.3 Å². The van der Waals surface area contributed by atoms with Crippen molar-refractivity contribution in [1.82, 2.24) is 5.16 Å². The molecule has 0 atom stereocenters. The standard InChI is InChI=1S/C13H11NO3/c1-16-9-4-2-8(3-5-9)13-12-10(15)6-7-11(12)17-14-13/h2-5H,6-7H2,1H3. The number of carbonyl (C=O) groups is 1. The monoisotopic (exact) mass is 229 g/mol. The minimum atomic E-state index is 0.118. The zero-order chi connectivity index (χ0) is 11.8. The molecule has 1 heterocycles. The third-order valence-electron chi connectivity index (χ3n) is 2.98. The number of hydrogen-bond acceptors (Lipinski definition) is 4. The first-order valence-corrected chi connectivity index (χ1v) is 5.46. The number of aryl methyl sites for hydroxylation is 1. The number of ketones is 1. The van der Waals surface area contributed by atoms with Gasteiger partial charge in [0.15, 0.2) is 5.78 Å². The van der Waals surface area contributed by atoms with Crippen LogP contribution < -0.4 is 4.74 Å². The largest absolute Gasteiger partial charge is 0.497 e. The van der Waals surface area contributed by atoms with Gasteiger partial charge in [-0.3, -0.25) is 4.79 Å². The Balaban J connectivity index is 2.07. The Morgan fingerprint density at radius 3 is 2.71 bits per heavy atom. The van der Waals surface area contributed by atoms with Crippen LogP contribution in [0.3, 0.4) is 0 Å². The van der Waals surface area contributed by atoms with Crippen molar-refractivity contribution in [2.45, 2.75) is 12.8 Å². The minimum absolute atomic E-state index is 0.118. The molecule has 0 bridgehead atoms. The predicted octanol–water partition coefficient (Wildman–Crippen LogP) is 2.48. The van der Waals surface area contributed by atoms with E-state index in [4.69, 9.17) is 9.26 Å². The van der Waals surface area contributed by atoms with E-state index in [2.05, 4.69) is 5.16 Å². The lowest BCUT2D eigenvalue weighted by molar-refractivity contribution is 0.0995. The molecule has 2 aromatic rings. The molecule has 1 aromatic carbocycles. The van der Waals surface area contributed by atoms with E-state index in [0.717, 1.165) is 11.3 Å². The van der Waals surface area contributed by atoms with Gasteiger partial charge < -0.3 is 9.26 Å². The summed E-state index contributed by atoms with van der Waals surface area (Å²) < 4.78 is 10.3. The van der Waals surface area contributed by atoms with Gasteiger partial charge in [0.05, 0.1) is 12.7 Å². The van der Waals surface area contributed by atoms with Crippen LogP contribution in [0.25, 0.3) is 11.3 Å². The number of hydrogen-bond donors (Lipinski definition) is 0. The highest BCUT2D eigenvalue weighted by Crippen LogP contribution is 2.32. The van der Waals surface area contributed by atoms with Crippen molar-refractivity contribution in [2.75, 3.05) is 7.11 Å². The van der Waals surface area contributed by atoms with Crippen LogP contribution in [-0.2, 0) is 6.42 Å². The summed E-state index contributed by atoms with van der Waals surface area (Å²) in [4.78, 5) is 11.7. The first kappa shape index (κ1) is 10.1. The predicted molar refractivity (Wildman–Crippen MR) is 61.1 cm³/mol. The third kappa shape index (κ3) is 1.53. The van der Waals surface area contributed by atoms with Crippen LogP contribution in [0.15, 0.2) is 28.8 Å². The van der Waals surface area contributed by atoms with Gasteiger partial charge in [-0.15, -0.1) is 0 Å². The molecule has 0 aliphatic heterocycles. The zero-order valence-corrected chi connectivity index (χ0v) is 9.40. The molecule has 3 rings (SSSR count). The fourth-order valence-corrected chi connectivity index (χ4v) is 2.08. The molecule has 1 aromatic heterocycles. The molecule has 0 radical (unpaired) electrons. The number of methoxy groups -OCH3 is 1. The maximum absolute atomic E-state index is 11.7. The Hall–Kier alpha value is -2.10. The number of aromatic nitrogens is 1. The van der Waals surface area contributed by atoms with Gasteiger partial charge >= 0.3 is 0 Å². The molecule has 4 nitrogen and oxygen atoms in total. The normalized spacial score (nSPS) is 13.8. The second kappa shape index (κ2) is 3.73. The van der Waals surface area contributed by atoms with Gasteiger partial charge in [-0.2, -0.15) is 0 Å². The molecular formula is C13H11NO3. The molecule has 0 N–H and O–H groups in total. The average molecular weight is 229 g/mol. The van der Waals surface area contributed by atoms with E-state index >= 15 is 0 Å². The van der Waals surface area contributed by atoms with Crippen molar-refractivity contribution in [2.24, 2.45) is 0 Å². The average Bonchev–Trinajstić information content (AvgIpc) is 2.93. The summed E-state index contributed by atoms with van der Waals surface area (Å²) in [5.41, 5.74) is 2.17. The smallest absolute Gasteiger partial charge is 0.169 e. The number of benzene rings is 1. The van der Waals surface area contributed by atoms with E-state index in [1.165, 1.54) is 0 Å². The van der Waals surface area contributed by atoms with Crippen LogP contribution in [0.5, 0.6) is 5.75 Å². The molecule has 1 aliphatic rings. The lowest BCUT2D eigenvalue weighted by Gasteiger charge is -2.01. The van der Waals surface area contributed by atoms with Crippen LogP contribution in [-0.4, -0.2) is 18.0 Å². The maximum Gasteiger partial charge on any atom is 0.169 e. The minimum Gasteiger partial charge on any atom is -0.497 e. The Labute approximate surface area is 98.2 Å². The molecule has 4 heteroatoms. The molecule has 0 saturated carbocycles. The highest BCUT2D eigenvalue weighted by molar-refractivity contribution is 6.04. The Bertz CT molecular complexity index is 569. The fraction of sp³-hybridized carbons (Fsp3) is 0.231. The molecular weight excluding hydrogens is 218 g/mol. The summed E-state index contributed by atoms with van der Waals surface area (Å²) in [6.45, 7) is 0. The summed E-state index contributed by atoms with van der Waals surface area (Å²) in [6.07, 6.45) is 1.19. The molecule has 86 valence electrons. The van der Waals surface area contributed by atoms with Crippen molar-refractivity contribution >= 4 is 5.78 Å². The molecule has 0 spiro atoms. The van der Waals surface area contributed by atoms with Crippen LogP contribution in [0.2, 0.25) is 0 Å². The number of carbonyl (C=O) groups excluding carboxylic acids is 1. The van der Waals surface area contributed by atoms with Gasteiger partial charge in [0.1, 0.15) is 17.2 Å². The van der Waals surface area contributed by atoms with Gasteiger partial charge in [0.2, 0.25) is 0 Å². The summed E-state index contributed by atoms with van der Waals surface area (Å²) in [7, 11) is 1.62. The zero-order valence-electron chi connectivity index (χ0n) is 9.40. The topological polar surface area (TPSA) is 52.3 Å². The van der Waals surface area contributed by atoms with E-state index in [9.17, 15) is 4.79 Å². The lowest BCUT2D eigenvalue weighted by Crippen LogP contribution is -1.93. The van der Waals surface area contributed by atoms with Gasteiger partial charge in [-0.1, -0.05) is 5.16 Å². The second-order valence-electron chi connectivity index (χ2n) is 3.98. The highest BCUT2D eigenvalue weighted by Gasteiger charge is 2.29. The Morgan fingerprint density at radius 1 is 1.24 bits per heavy atom. The summed E-state index contributed by atoms with van der Waals surface area (Å²) in [5.74, 6) is 1.60. The number of Topliss-reactive ketones (excluding diaryl/α,β-unsaturated/α-hetero) is 1. The Morgan fingerprint density at radius 2 is 2.00 bits per heavy atom. The Kier molecular flexibility index (Phi) is 2.21. The van der Waals surface area contributed by atoms with Gasteiger partial charge in [0.25, 0.3) is 0 Å². The highest BCUT2D eigenvalue weighted by atomic mass is 16.5. The van der Waals surface area contributed by atoms with Crippen molar-refractivity contribution in [1.29, 1.82) is 0 Å². The molecule has 0 unspecified atom stereocenters. The van der Waals surface area contributed by atoms with Crippen molar-refractivity contribution in [3.8, 4) is 17.0 Å². The van der Waals surface area contributed by atoms with Gasteiger partial charge in [0, 0.05) is 18.4 Å². The second-order valence-corrected chi connectivity index (χ2v) is 3.98. The van der Waals surface area contributed by atoms with E-state index in [0.29, 0.717) is 29.9 Å². The number of ether oxygens (including phenoxy) is 1. The lowest BCUT2D eigenvalue weighted by atomic mass is 10.1. The van der Waals surface area contributed by atoms with Crippen LogP contribution in [0, 0.1) is 0 Å². The summed E-state index contributed by atoms with van der Waals surface area (Å²) in [5, 5.41) is 3.98. The maximum atomic E-state index is 11.7. The third-order valence-corrected chi connectivity index (χ3v) is 2.98. The first-order chi connectivity index (χ1) is 8.29. The SMILES string of the molecule is COc1ccc(-c2noc3c2C(=O)CC3)cc1. The summed E-state index contributed by atoms with van der Waals surface area (Å²) in [6, 6.07) is 7.44. The number of rotatable bonds is 2. The summed E-state index contributed by atoms with van der Waals surface area (Å²) >= 11 is 0. The fourth-order valence-electron chi connectivity index (χ4n) is 2.08. The van der Waals surface area contributed by atoms with Crippen LogP contribution in [0.4, 0.5) is 0 Å². The molecule has 0 saturated heterocycles. The van der Waals surface area contributed by atoms with E-state index in [1.54, 1.807) is 7.11 Å². The van der Waals surface area contributed by atoms with Gasteiger partial charge in [-0.05, 0) is 24.3 Å². The number of fused-ring (bicyclic) bond motifs is 1. The van der Waals surface area contributed by atoms with Crippen LogP contribution in [0.1, 0.15) is 22.5 Å². The first-order valence-electron chi connectivity index (χ1n) is 5.46.